The Kier molecular flexibility index (Phi) is 11.1. The molecule has 0 aliphatic carbocycles. The molecule has 11 heteroatoms. The van der Waals surface area contributed by atoms with Crippen molar-refractivity contribution in [2.45, 2.75) is 45.3 Å². The van der Waals surface area contributed by atoms with Gasteiger partial charge in [-0.1, -0.05) is 61.0 Å². The molecular weight excluding hydrogens is 569 g/mol. The van der Waals surface area contributed by atoms with E-state index in [-0.39, 0.29) is 35.6 Å². The molecule has 3 aromatic rings. The Morgan fingerprint density at radius 1 is 1.02 bits per heavy atom. The normalized spacial score (nSPS) is 12.7. The van der Waals surface area contributed by atoms with E-state index in [0.717, 1.165) is 28.3 Å². The van der Waals surface area contributed by atoms with Crippen LogP contribution < -0.4 is 14.4 Å². The van der Waals surface area contributed by atoms with Crippen LogP contribution in [0.2, 0.25) is 5.02 Å². The molecule has 2 atom stereocenters. The molecule has 0 unspecified atom stereocenters. The average molecular weight is 604 g/mol. The molecule has 3 rings (SSSR count). The molecule has 0 aliphatic heterocycles. The summed E-state index contributed by atoms with van der Waals surface area (Å²) < 4.78 is 45.7. The molecule has 0 saturated carbocycles. The minimum atomic E-state index is -4.00. The van der Waals surface area contributed by atoms with Gasteiger partial charge in [-0.05, 0) is 54.8 Å². The highest BCUT2D eigenvalue weighted by atomic mass is 35.5. The van der Waals surface area contributed by atoms with Crippen molar-refractivity contribution in [1.82, 2.24) is 10.2 Å². The van der Waals surface area contributed by atoms with Gasteiger partial charge in [0.15, 0.2) is 0 Å². The summed E-state index contributed by atoms with van der Waals surface area (Å²) in [4.78, 5) is 29.1. The molecule has 0 bridgehead atoms. The Labute approximate surface area is 246 Å². The lowest BCUT2D eigenvalue weighted by Gasteiger charge is -2.34. The van der Waals surface area contributed by atoms with E-state index in [1.807, 2.05) is 44.2 Å². The van der Waals surface area contributed by atoms with Crippen LogP contribution in [-0.4, -0.2) is 57.1 Å². The fourth-order valence-electron chi connectivity index (χ4n) is 4.22. The van der Waals surface area contributed by atoms with E-state index in [2.05, 4.69) is 5.32 Å². The molecule has 1 N–H and O–H groups in total. The highest BCUT2D eigenvalue weighted by Crippen LogP contribution is 2.25. The minimum absolute atomic E-state index is 0.00321. The third kappa shape index (κ3) is 8.93. The highest BCUT2D eigenvalue weighted by Gasteiger charge is 2.33. The molecule has 0 aliphatic rings. The van der Waals surface area contributed by atoms with Crippen LogP contribution in [0.25, 0.3) is 0 Å². The third-order valence-corrected chi connectivity index (χ3v) is 8.06. The standard InChI is InChI=1S/C30H35ClFN3O5S/c1-5-21(2)33-30(37)28(17-22-10-7-6-8-11-22)34(19-23-12-9-13-25(16-23)40-3)29(36)20-35(41(4,38)39)24-14-15-27(32)26(31)18-24/h6-16,18,21,28H,5,17,19-20H2,1-4H3,(H,33,37)/t21-,28-/m1/s1. The van der Waals surface area contributed by atoms with Crippen LogP contribution in [0.4, 0.5) is 10.1 Å². The monoisotopic (exact) mass is 603 g/mol. The maximum absolute atomic E-state index is 14.1. The van der Waals surface area contributed by atoms with Crippen LogP contribution in [0.3, 0.4) is 0 Å². The Morgan fingerprint density at radius 2 is 1.71 bits per heavy atom. The first-order valence-electron chi connectivity index (χ1n) is 13.1. The average Bonchev–Trinajstić information content (AvgIpc) is 2.94. The lowest BCUT2D eigenvalue weighted by atomic mass is 10.0. The van der Waals surface area contributed by atoms with E-state index >= 15 is 0 Å². The molecular formula is C30H35ClFN3O5S. The summed E-state index contributed by atoms with van der Waals surface area (Å²) in [5.74, 6) is -1.15. The molecule has 41 heavy (non-hydrogen) atoms. The predicted molar refractivity (Wildman–Crippen MR) is 159 cm³/mol. The topological polar surface area (TPSA) is 96.0 Å². The second-order valence-corrected chi connectivity index (χ2v) is 12.1. The fraction of sp³-hybridized carbons (Fsp3) is 0.333. The number of rotatable bonds is 13. The Bertz CT molecular complexity index is 1460. The van der Waals surface area contributed by atoms with Crippen LogP contribution in [0, 0.1) is 5.82 Å². The lowest BCUT2D eigenvalue weighted by Crippen LogP contribution is -2.54. The molecule has 2 amide bonds. The summed E-state index contributed by atoms with van der Waals surface area (Å²) >= 11 is 5.93. The van der Waals surface area contributed by atoms with Crippen molar-refractivity contribution in [2.75, 3.05) is 24.2 Å². The van der Waals surface area contributed by atoms with E-state index in [4.69, 9.17) is 16.3 Å². The van der Waals surface area contributed by atoms with Crippen molar-refractivity contribution in [1.29, 1.82) is 0 Å². The number of amides is 2. The number of ether oxygens (including phenoxy) is 1. The zero-order chi connectivity index (χ0) is 30.2. The quantitative estimate of drug-likeness (QED) is 0.303. The van der Waals surface area contributed by atoms with Crippen molar-refractivity contribution in [3.63, 3.8) is 0 Å². The van der Waals surface area contributed by atoms with E-state index < -0.39 is 34.3 Å². The van der Waals surface area contributed by atoms with Gasteiger partial charge in [0.25, 0.3) is 0 Å². The van der Waals surface area contributed by atoms with Gasteiger partial charge in [0, 0.05) is 19.0 Å². The Balaban J connectivity index is 2.08. The van der Waals surface area contributed by atoms with Gasteiger partial charge in [0.2, 0.25) is 21.8 Å². The van der Waals surface area contributed by atoms with E-state index in [0.29, 0.717) is 17.7 Å². The summed E-state index contributed by atoms with van der Waals surface area (Å²) in [6.07, 6.45) is 1.82. The van der Waals surface area contributed by atoms with E-state index in [9.17, 15) is 22.4 Å². The van der Waals surface area contributed by atoms with Crippen molar-refractivity contribution in [3.05, 3.63) is 94.8 Å². The molecule has 0 saturated heterocycles. The molecule has 3 aromatic carbocycles. The fourth-order valence-corrected chi connectivity index (χ4v) is 5.23. The zero-order valence-electron chi connectivity index (χ0n) is 23.5. The smallest absolute Gasteiger partial charge is 0.244 e. The number of nitrogens with zero attached hydrogens (tertiary/aromatic N) is 2. The van der Waals surface area contributed by atoms with E-state index in [1.165, 1.54) is 18.1 Å². The van der Waals surface area contributed by atoms with Gasteiger partial charge in [-0.2, -0.15) is 0 Å². The first kappa shape index (κ1) is 31.9. The Hall–Kier alpha value is -3.63. The van der Waals surface area contributed by atoms with Crippen LogP contribution >= 0.6 is 11.6 Å². The van der Waals surface area contributed by atoms with Gasteiger partial charge < -0.3 is 15.0 Å². The van der Waals surface area contributed by atoms with Gasteiger partial charge in [-0.25, -0.2) is 12.8 Å². The third-order valence-electron chi connectivity index (χ3n) is 6.63. The molecule has 220 valence electrons. The first-order valence-corrected chi connectivity index (χ1v) is 15.3. The summed E-state index contributed by atoms with van der Waals surface area (Å²) in [5.41, 5.74) is 1.53. The van der Waals surface area contributed by atoms with Gasteiger partial charge in [0.1, 0.15) is 24.2 Å². The predicted octanol–water partition coefficient (Wildman–Crippen LogP) is 4.81. The lowest BCUT2D eigenvalue weighted by molar-refractivity contribution is -0.140. The zero-order valence-corrected chi connectivity index (χ0v) is 25.1. The second-order valence-electron chi connectivity index (χ2n) is 9.76. The van der Waals surface area contributed by atoms with Gasteiger partial charge >= 0.3 is 0 Å². The van der Waals surface area contributed by atoms with Crippen LogP contribution in [-0.2, 0) is 32.6 Å². The second kappa shape index (κ2) is 14.3. The number of sulfonamides is 1. The van der Waals surface area contributed by atoms with E-state index in [1.54, 1.807) is 24.3 Å². The molecule has 0 fully saturated rings. The molecule has 0 aromatic heterocycles. The number of nitrogens with one attached hydrogen (secondary N) is 1. The number of carbonyl (C=O) groups is 2. The van der Waals surface area contributed by atoms with Crippen molar-refractivity contribution in [2.24, 2.45) is 0 Å². The summed E-state index contributed by atoms with van der Waals surface area (Å²) in [5, 5.41) is 2.69. The van der Waals surface area contributed by atoms with Crippen molar-refractivity contribution < 1.29 is 27.1 Å². The van der Waals surface area contributed by atoms with Crippen LogP contribution in [0.15, 0.2) is 72.8 Å². The number of hydrogen-bond donors (Lipinski definition) is 1. The summed E-state index contributed by atoms with van der Waals surface area (Å²) in [6, 6.07) is 18.6. The first-order chi connectivity index (χ1) is 19.4. The van der Waals surface area contributed by atoms with Gasteiger partial charge in [-0.3, -0.25) is 13.9 Å². The molecule has 8 nitrogen and oxygen atoms in total. The summed E-state index contributed by atoms with van der Waals surface area (Å²) in [7, 11) is -2.48. The number of benzene rings is 3. The number of hydrogen-bond acceptors (Lipinski definition) is 5. The minimum Gasteiger partial charge on any atom is -0.497 e. The molecule has 0 heterocycles. The van der Waals surface area contributed by atoms with Crippen molar-refractivity contribution >= 4 is 39.1 Å². The maximum Gasteiger partial charge on any atom is 0.244 e. The van der Waals surface area contributed by atoms with Crippen LogP contribution in [0.1, 0.15) is 31.4 Å². The largest absolute Gasteiger partial charge is 0.497 e. The van der Waals surface area contributed by atoms with Gasteiger partial charge in [-0.15, -0.1) is 0 Å². The SMILES string of the molecule is CC[C@@H](C)NC(=O)[C@@H](Cc1ccccc1)N(Cc1cccc(OC)c1)C(=O)CN(c1ccc(F)c(Cl)c1)S(C)(=O)=O. The number of anilines is 1. The Morgan fingerprint density at radius 3 is 2.32 bits per heavy atom. The highest BCUT2D eigenvalue weighted by molar-refractivity contribution is 7.92. The number of methoxy groups -OCH3 is 1. The van der Waals surface area contributed by atoms with Gasteiger partial charge in [0.05, 0.1) is 24.1 Å². The van der Waals surface area contributed by atoms with Crippen LogP contribution in [0.5, 0.6) is 5.75 Å². The molecule has 0 radical (unpaired) electrons. The molecule has 0 spiro atoms. The van der Waals surface area contributed by atoms with Crippen molar-refractivity contribution in [3.8, 4) is 5.75 Å². The number of halogens is 2. The summed E-state index contributed by atoms with van der Waals surface area (Å²) in [6.45, 7) is 3.18. The maximum atomic E-state index is 14.1. The number of carbonyl (C=O) groups excluding carboxylic acids is 2.